The van der Waals surface area contributed by atoms with Gasteiger partial charge in [0.05, 0.1) is 0 Å². The van der Waals surface area contributed by atoms with Gasteiger partial charge in [0.2, 0.25) is 0 Å². The molecule has 1 heteroatoms. The van der Waals surface area contributed by atoms with Crippen LogP contribution in [0, 0.1) is 6.92 Å². The first-order valence-corrected chi connectivity index (χ1v) is 11.3. The topological polar surface area (TPSA) is 0 Å². The monoisotopic (exact) mass is 366 g/mol. The lowest BCUT2D eigenvalue weighted by Crippen LogP contribution is -2.68. The number of hydrogen-bond donors (Lipinski definition) is 0. The molecule has 0 unspecified atom stereocenters. The summed E-state index contributed by atoms with van der Waals surface area (Å²) in [6.07, 6.45) is 8.18. The second-order valence-corrected chi connectivity index (χ2v) is 10.8. The van der Waals surface area contributed by atoms with Crippen LogP contribution >= 0.6 is 0 Å². The maximum Gasteiger partial charge on any atom is 0.175 e. The summed E-state index contributed by atoms with van der Waals surface area (Å²) in [7, 11) is -2.32. The predicted molar refractivity (Wildman–Crippen MR) is 122 cm³/mol. The third kappa shape index (κ3) is 3.79. The molecule has 3 aromatic carbocycles. The molecule has 27 heavy (non-hydrogen) atoms. The van der Waals surface area contributed by atoms with Gasteiger partial charge in [-0.3, -0.25) is 0 Å². The fraction of sp³-hybridized carbons (Fsp3) is 0.0769. The van der Waals surface area contributed by atoms with Gasteiger partial charge in [0, 0.05) is 0 Å². The van der Waals surface area contributed by atoms with Crippen LogP contribution in [-0.2, 0) is 0 Å². The molecule has 0 amide bonds. The molecule has 0 spiro atoms. The Balaban J connectivity index is 2.38. The van der Waals surface area contributed by atoms with E-state index in [1.807, 2.05) is 12.2 Å². The zero-order valence-corrected chi connectivity index (χ0v) is 17.1. The van der Waals surface area contributed by atoms with Gasteiger partial charge >= 0.3 is 0 Å². The minimum absolute atomic E-state index is 1.29. The summed E-state index contributed by atoms with van der Waals surface area (Å²) in [5, 5.41) is 5.62. The first kappa shape index (κ1) is 18.9. The zero-order valence-electron chi connectivity index (χ0n) is 16.1. The van der Waals surface area contributed by atoms with Crippen LogP contribution < -0.4 is 15.6 Å². The van der Waals surface area contributed by atoms with Gasteiger partial charge in [-0.05, 0) is 29.4 Å². The largest absolute Gasteiger partial charge is 0.175 e. The van der Waals surface area contributed by atoms with Crippen LogP contribution in [0.4, 0.5) is 0 Å². The molecule has 0 fully saturated rings. The molecule has 0 saturated heterocycles. The number of allylic oxidation sites excluding steroid dienone is 5. The molecule has 0 heterocycles. The summed E-state index contributed by atoms with van der Waals surface area (Å²) in [6.45, 7) is 8.22. The standard InChI is InChI=1S/C26H26Si/c1-4-5-8-13-23(3)27(24-14-9-6-10-15-24,25-16-11-7-12-17-25)26-20-18-22(2)19-21-26/h4-21H,1H2,2-3H3/b8-5-,23-13+. The lowest BCUT2D eigenvalue weighted by Gasteiger charge is -2.35. The molecular formula is C26H26Si. The van der Waals surface area contributed by atoms with E-state index in [2.05, 4.69) is 118 Å². The zero-order chi connectivity index (χ0) is 19.1. The van der Waals surface area contributed by atoms with Gasteiger partial charge in [0.1, 0.15) is 0 Å². The highest BCUT2D eigenvalue weighted by Gasteiger charge is 2.40. The number of hydrogen-bond acceptors (Lipinski definition) is 0. The molecule has 0 aliphatic rings. The SMILES string of the molecule is C=C/C=C\C=C(/C)[Si](c1ccccc1)(c1ccccc1)c1ccc(C)cc1. The second-order valence-electron chi connectivity index (χ2n) is 6.82. The van der Waals surface area contributed by atoms with Crippen molar-refractivity contribution in [3.05, 3.63) is 127 Å². The van der Waals surface area contributed by atoms with E-state index in [0.717, 1.165) is 0 Å². The average Bonchev–Trinajstić information content (AvgIpc) is 2.72. The van der Waals surface area contributed by atoms with Gasteiger partial charge in [0.25, 0.3) is 0 Å². The lowest BCUT2D eigenvalue weighted by atomic mass is 10.2. The van der Waals surface area contributed by atoms with Crippen molar-refractivity contribution in [1.29, 1.82) is 0 Å². The van der Waals surface area contributed by atoms with Crippen molar-refractivity contribution < 1.29 is 0 Å². The van der Waals surface area contributed by atoms with Gasteiger partial charge in [-0.2, -0.15) is 0 Å². The molecule has 0 aromatic heterocycles. The highest BCUT2D eigenvalue weighted by molar-refractivity contribution is 7.16. The average molecular weight is 367 g/mol. The normalized spacial score (nSPS) is 12.3. The minimum atomic E-state index is -2.32. The quantitative estimate of drug-likeness (QED) is 0.337. The van der Waals surface area contributed by atoms with E-state index < -0.39 is 8.07 Å². The first-order chi connectivity index (χ1) is 13.2. The van der Waals surface area contributed by atoms with Crippen molar-refractivity contribution in [1.82, 2.24) is 0 Å². The third-order valence-electron chi connectivity index (χ3n) is 5.08. The number of rotatable bonds is 6. The molecule has 0 bridgehead atoms. The molecule has 0 aliphatic carbocycles. The van der Waals surface area contributed by atoms with Crippen molar-refractivity contribution in [2.75, 3.05) is 0 Å². The van der Waals surface area contributed by atoms with E-state index in [9.17, 15) is 0 Å². The first-order valence-electron chi connectivity index (χ1n) is 9.34. The Kier molecular flexibility index (Phi) is 6.05. The van der Waals surface area contributed by atoms with Gasteiger partial charge in [-0.15, -0.1) is 0 Å². The molecule has 0 N–H and O–H groups in total. The van der Waals surface area contributed by atoms with Crippen molar-refractivity contribution in [3.63, 3.8) is 0 Å². The predicted octanol–water partition coefficient (Wildman–Crippen LogP) is 4.69. The van der Waals surface area contributed by atoms with E-state index in [4.69, 9.17) is 0 Å². The molecule has 3 rings (SSSR count). The van der Waals surface area contributed by atoms with Crippen molar-refractivity contribution in [2.45, 2.75) is 13.8 Å². The number of benzene rings is 3. The summed E-state index contributed by atoms with van der Waals surface area (Å²) < 4.78 is 0. The lowest BCUT2D eigenvalue weighted by molar-refractivity contribution is 1.48. The smallest absolute Gasteiger partial charge is 0.0991 e. The second kappa shape index (κ2) is 8.66. The van der Waals surface area contributed by atoms with Gasteiger partial charge in [-0.25, -0.2) is 0 Å². The molecule has 134 valence electrons. The summed E-state index contributed by atoms with van der Waals surface area (Å²) in [6, 6.07) is 31.0. The number of aryl methyl sites for hydroxylation is 1. The van der Waals surface area contributed by atoms with E-state index in [0.29, 0.717) is 0 Å². The Morgan fingerprint density at radius 1 is 0.704 bits per heavy atom. The Labute approximate surface area is 164 Å². The van der Waals surface area contributed by atoms with Crippen LogP contribution in [0.3, 0.4) is 0 Å². The van der Waals surface area contributed by atoms with Gasteiger partial charge in [0.15, 0.2) is 8.07 Å². The fourth-order valence-electron chi connectivity index (χ4n) is 3.77. The molecular weight excluding hydrogens is 340 g/mol. The Morgan fingerprint density at radius 3 is 1.67 bits per heavy atom. The maximum atomic E-state index is 3.80. The highest BCUT2D eigenvalue weighted by atomic mass is 28.3. The Morgan fingerprint density at radius 2 is 1.19 bits per heavy atom. The van der Waals surface area contributed by atoms with Crippen LogP contribution in [0.2, 0.25) is 0 Å². The summed E-state index contributed by atoms with van der Waals surface area (Å²) in [5.74, 6) is 0. The summed E-state index contributed by atoms with van der Waals surface area (Å²) in [4.78, 5) is 0. The maximum absolute atomic E-state index is 3.80. The van der Waals surface area contributed by atoms with E-state index in [1.54, 1.807) is 0 Å². The van der Waals surface area contributed by atoms with Gasteiger partial charge in [-0.1, -0.05) is 127 Å². The summed E-state index contributed by atoms with van der Waals surface area (Å²) in [5.41, 5.74) is 1.29. The fourth-order valence-corrected chi connectivity index (χ4v) is 8.53. The molecule has 0 atom stereocenters. The Hall–Kier alpha value is -2.90. The minimum Gasteiger partial charge on any atom is -0.0991 e. The molecule has 0 radical (unpaired) electrons. The molecule has 0 nitrogen and oxygen atoms in total. The van der Waals surface area contributed by atoms with E-state index in [-0.39, 0.29) is 0 Å². The van der Waals surface area contributed by atoms with Crippen LogP contribution in [0.1, 0.15) is 12.5 Å². The van der Waals surface area contributed by atoms with Crippen LogP contribution in [0.15, 0.2) is 121 Å². The van der Waals surface area contributed by atoms with Crippen molar-refractivity contribution in [3.8, 4) is 0 Å². The molecule has 0 saturated carbocycles. The molecule has 3 aromatic rings. The van der Waals surface area contributed by atoms with Crippen LogP contribution in [0.25, 0.3) is 0 Å². The van der Waals surface area contributed by atoms with E-state index in [1.165, 1.54) is 26.3 Å². The van der Waals surface area contributed by atoms with Crippen LogP contribution in [-0.4, -0.2) is 8.07 Å². The summed E-state index contributed by atoms with van der Waals surface area (Å²) >= 11 is 0. The van der Waals surface area contributed by atoms with Crippen LogP contribution in [0.5, 0.6) is 0 Å². The van der Waals surface area contributed by atoms with Gasteiger partial charge < -0.3 is 0 Å². The highest BCUT2D eigenvalue weighted by Crippen LogP contribution is 2.17. The third-order valence-corrected chi connectivity index (χ3v) is 10.0. The van der Waals surface area contributed by atoms with E-state index >= 15 is 0 Å². The Bertz CT molecular complexity index is 893. The van der Waals surface area contributed by atoms with Crippen molar-refractivity contribution >= 4 is 23.6 Å². The van der Waals surface area contributed by atoms with Crippen molar-refractivity contribution in [2.24, 2.45) is 0 Å². The molecule has 0 aliphatic heterocycles.